The molecule has 0 aliphatic heterocycles. The van der Waals surface area contributed by atoms with Crippen molar-refractivity contribution in [2.45, 2.75) is 51.1 Å². The molecule has 1 aliphatic carbocycles. The van der Waals surface area contributed by atoms with Crippen molar-refractivity contribution < 1.29 is 14.3 Å². The summed E-state index contributed by atoms with van der Waals surface area (Å²) in [5, 5.41) is 5.27. The zero-order chi connectivity index (χ0) is 27.9. The molecule has 0 saturated heterocycles. The number of hydrogen-bond acceptors (Lipinski definition) is 8. The van der Waals surface area contributed by atoms with Gasteiger partial charge in [-0.2, -0.15) is 5.10 Å². The van der Waals surface area contributed by atoms with Crippen LogP contribution in [0, 0.1) is 0 Å². The highest BCUT2D eigenvalue weighted by Crippen LogP contribution is 2.35. The van der Waals surface area contributed by atoms with Crippen LogP contribution in [0.2, 0.25) is 0 Å². The van der Waals surface area contributed by atoms with Gasteiger partial charge in [0.15, 0.2) is 5.16 Å². The maximum absolute atomic E-state index is 13.9. The number of thioether (sulfide) groups is 1. The largest absolute Gasteiger partial charge is 0.494 e. The number of thiophene rings is 1. The predicted molar refractivity (Wildman–Crippen MR) is 162 cm³/mol. The van der Waals surface area contributed by atoms with Crippen molar-refractivity contribution >= 4 is 45.4 Å². The lowest BCUT2D eigenvalue weighted by Gasteiger charge is -2.14. The number of fused-ring (bicyclic) bond motifs is 3. The van der Waals surface area contributed by atoms with Gasteiger partial charge in [-0.15, -0.1) is 11.3 Å². The maximum Gasteiger partial charge on any atom is 0.267 e. The molecule has 208 valence electrons. The van der Waals surface area contributed by atoms with Crippen molar-refractivity contribution in [2.24, 2.45) is 5.10 Å². The number of ether oxygens (including phenoxy) is 2. The molecule has 8 nitrogen and oxygen atoms in total. The number of carbonyl (C=O) groups is 1. The van der Waals surface area contributed by atoms with Gasteiger partial charge in [0, 0.05) is 4.88 Å². The van der Waals surface area contributed by atoms with Gasteiger partial charge >= 0.3 is 0 Å². The van der Waals surface area contributed by atoms with Gasteiger partial charge in [0.25, 0.3) is 11.5 Å². The molecule has 0 unspecified atom stereocenters. The first-order valence-corrected chi connectivity index (χ1v) is 15.4. The number of aryl methyl sites for hydroxylation is 2. The molecule has 4 aromatic rings. The minimum absolute atomic E-state index is 0.0567. The van der Waals surface area contributed by atoms with E-state index < -0.39 is 0 Å². The van der Waals surface area contributed by atoms with E-state index in [0.717, 1.165) is 59.6 Å². The van der Waals surface area contributed by atoms with E-state index in [0.29, 0.717) is 29.4 Å². The Morgan fingerprint density at radius 2 is 1.80 bits per heavy atom. The van der Waals surface area contributed by atoms with Crippen molar-refractivity contribution in [1.82, 2.24) is 15.0 Å². The topological polar surface area (TPSA) is 94.8 Å². The van der Waals surface area contributed by atoms with Crippen molar-refractivity contribution in [3.63, 3.8) is 0 Å². The van der Waals surface area contributed by atoms with Crippen molar-refractivity contribution in [1.29, 1.82) is 0 Å². The Bertz CT molecular complexity index is 1560. The third kappa shape index (κ3) is 6.39. The minimum atomic E-state index is -0.290. The Kier molecular flexibility index (Phi) is 9.18. The van der Waals surface area contributed by atoms with Crippen LogP contribution >= 0.6 is 23.1 Å². The maximum atomic E-state index is 13.9. The van der Waals surface area contributed by atoms with E-state index in [-0.39, 0.29) is 17.2 Å². The van der Waals surface area contributed by atoms with Crippen molar-refractivity contribution in [2.75, 3.05) is 19.0 Å². The first kappa shape index (κ1) is 27.9. The summed E-state index contributed by atoms with van der Waals surface area (Å²) in [6.45, 7) is 5.22. The lowest BCUT2D eigenvalue weighted by molar-refractivity contribution is -0.118. The van der Waals surface area contributed by atoms with Crippen LogP contribution in [0.25, 0.3) is 15.9 Å². The van der Waals surface area contributed by atoms with Crippen LogP contribution in [0.4, 0.5) is 0 Å². The Morgan fingerprint density at radius 1 is 1.07 bits per heavy atom. The molecule has 2 aromatic carbocycles. The summed E-state index contributed by atoms with van der Waals surface area (Å²) in [7, 11) is 0. The molecule has 0 radical (unpaired) electrons. The van der Waals surface area contributed by atoms with Crippen LogP contribution in [0.3, 0.4) is 0 Å². The molecular weight excluding hydrogens is 544 g/mol. The van der Waals surface area contributed by atoms with E-state index in [1.165, 1.54) is 16.6 Å². The van der Waals surface area contributed by atoms with Crippen LogP contribution in [0.15, 0.2) is 63.6 Å². The average Bonchev–Trinajstić information content (AvgIpc) is 3.35. The van der Waals surface area contributed by atoms with Crippen LogP contribution < -0.4 is 20.5 Å². The summed E-state index contributed by atoms with van der Waals surface area (Å²) in [6.07, 6.45) is 6.62. The highest BCUT2D eigenvalue weighted by atomic mass is 32.2. The molecule has 0 fully saturated rings. The SMILES string of the molecule is CCCOc1ccc(C=NNC(=O)CSc2nc3sc4c(c3c(=O)n2-c2ccc(OCC)cc2)CCCC4)cc1. The summed E-state index contributed by atoms with van der Waals surface area (Å²) >= 11 is 2.82. The molecule has 5 rings (SSSR count). The van der Waals surface area contributed by atoms with E-state index in [1.54, 1.807) is 22.1 Å². The molecule has 1 N–H and O–H groups in total. The molecule has 0 bridgehead atoms. The first-order valence-electron chi connectivity index (χ1n) is 13.6. The number of amides is 1. The van der Waals surface area contributed by atoms with Gasteiger partial charge in [-0.05, 0) is 98.7 Å². The van der Waals surface area contributed by atoms with E-state index in [2.05, 4.69) is 17.5 Å². The number of carbonyl (C=O) groups excluding carboxylic acids is 1. The fourth-order valence-corrected chi connectivity index (χ4v) is 6.69. The number of hydrazone groups is 1. The zero-order valence-corrected chi connectivity index (χ0v) is 24.3. The Balaban J connectivity index is 1.35. The number of aromatic nitrogens is 2. The molecule has 0 spiro atoms. The third-order valence-electron chi connectivity index (χ3n) is 6.45. The summed E-state index contributed by atoms with van der Waals surface area (Å²) in [6, 6.07) is 14.9. The van der Waals surface area contributed by atoms with Gasteiger partial charge in [0.1, 0.15) is 16.3 Å². The molecule has 1 amide bonds. The quantitative estimate of drug-likeness (QED) is 0.106. The second kappa shape index (κ2) is 13.1. The van der Waals surface area contributed by atoms with Crippen LogP contribution in [0.1, 0.15) is 49.1 Å². The van der Waals surface area contributed by atoms with Crippen LogP contribution in [-0.2, 0) is 17.6 Å². The molecule has 40 heavy (non-hydrogen) atoms. The van der Waals surface area contributed by atoms with Gasteiger partial charge in [-0.25, -0.2) is 10.4 Å². The van der Waals surface area contributed by atoms with Gasteiger partial charge in [0.05, 0.1) is 36.3 Å². The monoisotopic (exact) mass is 576 g/mol. The van der Waals surface area contributed by atoms with Crippen LogP contribution in [-0.4, -0.2) is 40.6 Å². The van der Waals surface area contributed by atoms with Gasteiger partial charge in [0.2, 0.25) is 0 Å². The Morgan fingerprint density at radius 3 is 2.55 bits per heavy atom. The minimum Gasteiger partial charge on any atom is -0.494 e. The smallest absolute Gasteiger partial charge is 0.267 e. The summed E-state index contributed by atoms with van der Waals surface area (Å²) in [5.74, 6) is 1.30. The molecule has 0 saturated carbocycles. The van der Waals surface area contributed by atoms with Gasteiger partial charge in [-0.1, -0.05) is 18.7 Å². The second-order valence-corrected chi connectivity index (χ2v) is 11.4. The Labute approximate surface area is 241 Å². The molecular formula is C30H32N4O4S2. The van der Waals surface area contributed by atoms with Gasteiger partial charge in [-0.3, -0.25) is 14.2 Å². The number of nitrogens with zero attached hydrogens (tertiary/aromatic N) is 3. The first-order chi connectivity index (χ1) is 19.6. The lowest BCUT2D eigenvalue weighted by atomic mass is 9.97. The molecule has 10 heteroatoms. The highest BCUT2D eigenvalue weighted by molar-refractivity contribution is 7.99. The Hall–Kier alpha value is -3.63. The zero-order valence-electron chi connectivity index (χ0n) is 22.6. The summed E-state index contributed by atoms with van der Waals surface area (Å²) in [4.78, 5) is 33.4. The normalized spacial score (nSPS) is 12.9. The number of hydrogen-bond donors (Lipinski definition) is 1. The van der Waals surface area contributed by atoms with Crippen molar-refractivity contribution in [3.05, 3.63) is 74.9 Å². The summed E-state index contributed by atoms with van der Waals surface area (Å²) < 4.78 is 12.8. The number of nitrogens with one attached hydrogen (secondary N) is 1. The van der Waals surface area contributed by atoms with Crippen molar-refractivity contribution in [3.8, 4) is 17.2 Å². The molecule has 0 atom stereocenters. The molecule has 2 heterocycles. The lowest BCUT2D eigenvalue weighted by Crippen LogP contribution is -2.24. The fourth-order valence-electron chi connectivity index (χ4n) is 4.58. The van der Waals surface area contributed by atoms with Crippen LogP contribution in [0.5, 0.6) is 11.5 Å². The van der Waals surface area contributed by atoms with E-state index in [1.807, 2.05) is 55.5 Å². The predicted octanol–water partition coefficient (Wildman–Crippen LogP) is 5.76. The second-order valence-electron chi connectivity index (χ2n) is 9.35. The molecule has 2 aromatic heterocycles. The average molecular weight is 577 g/mol. The standard InChI is InChI=1S/C30H32N4O4S2/c1-3-17-38-23-13-9-20(10-14-23)18-31-33-26(35)19-39-30-32-28-27(24-7-5-6-8-25(24)40-28)29(36)34(30)21-11-15-22(16-12-21)37-4-2/h9-16,18H,3-8,17,19H2,1-2H3,(H,33,35). The number of benzene rings is 2. The van der Waals surface area contributed by atoms with E-state index in [9.17, 15) is 9.59 Å². The number of rotatable bonds is 11. The van der Waals surface area contributed by atoms with E-state index in [4.69, 9.17) is 14.5 Å². The molecule has 1 aliphatic rings. The van der Waals surface area contributed by atoms with E-state index >= 15 is 0 Å². The fraction of sp³-hybridized carbons (Fsp3) is 0.333. The summed E-state index contributed by atoms with van der Waals surface area (Å²) in [5.41, 5.74) is 5.14. The third-order valence-corrected chi connectivity index (χ3v) is 8.58. The van der Waals surface area contributed by atoms with Gasteiger partial charge < -0.3 is 9.47 Å². The highest BCUT2D eigenvalue weighted by Gasteiger charge is 2.23.